The van der Waals surface area contributed by atoms with Gasteiger partial charge in [0.15, 0.2) is 0 Å². The number of benzene rings is 1. The van der Waals surface area contributed by atoms with Gasteiger partial charge in [-0.3, -0.25) is 4.63 Å². The van der Waals surface area contributed by atoms with Gasteiger partial charge in [-0.25, -0.2) is 0 Å². The molecule has 13 heavy (non-hydrogen) atoms. The van der Waals surface area contributed by atoms with E-state index >= 15 is 0 Å². The van der Waals surface area contributed by atoms with Gasteiger partial charge in [-0.05, 0) is 24.3 Å². The molecule has 0 bridgehead atoms. The molecule has 1 aromatic heterocycles. The van der Waals surface area contributed by atoms with Gasteiger partial charge in [-0.2, -0.15) is 0 Å². The molecule has 0 aliphatic carbocycles. The van der Waals surface area contributed by atoms with Crippen LogP contribution in [-0.2, 0) is 0 Å². The predicted molar refractivity (Wildman–Crippen MR) is 50.1 cm³/mol. The van der Waals surface area contributed by atoms with E-state index in [2.05, 4.69) is 25.7 Å². The average Bonchev–Trinajstić information content (AvgIpc) is 2.45. The maximum Gasteiger partial charge on any atom is 0.251 e. The van der Waals surface area contributed by atoms with Crippen LogP contribution in [-0.4, -0.2) is 5.16 Å². The van der Waals surface area contributed by atoms with Gasteiger partial charge in [0, 0.05) is 21.3 Å². The lowest BCUT2D eigenvalue weighted by Crippen LogP contribution is -2.22. The Labute approximate surface area is 82.8 Å². The molecule has 0 aliphatic rings. The Morgan fingerprint density at radius 2 is 2.15 bits per heavy atom. The van der Waals surface area contributed by atoms with E-state index < -0.39 is 0 Å². The third kappa shape index (κ3) is 1.11. The van der Waals surface area contributed by atoms with Crippen molar-refractivity contribution in [1.29, 1.82) is 0 Å². The van der Waals surface area contributed by atoms with Gasteiger partial charge in [0.1, 0.15) is 0 Å². The molecule has 0 spiro atoms. The Morgan fingerprint density at radius 3 is 2.85 bits per heavy atom. The molecule has 0 N–H and O–H groups in total. The molecule has 0 saturated carbocycles. The zero-order valence-corrected chi connectivity index (χ0v) is 8.75. The third-order valence-corrected chi connectivity index (χ3v) is 3.01. The van der Waals surface area contributed by atoms with E-state index in [1.165, 1.54) is 0 Å². The molecule has 0 amide bonds. The Balaban J connectivity index is 2.96. The molecular formula is C8H7BrN2O2. The Hall–Kier alpha value is -1.10. The molecule has 0 unspecified atom stereocenters. The molecular weight excluding hydrogens is 236 g/mol. The lowest BCUT2D eigenvalue weighted by molar-refractivity contribution is -0.782. The van der Waals surface area contributed by atoms with E-state index in [1.54, 1.807) is 6.07 Å². The van der Waals surface area contributed by atoms with E-state index in [-0.39, 0.29) is 0 Å². The number of hydrogen-bond acceptors (Lipinski definition) is 3. The van der Waals surface area contributed by atoms with Gasteiger partial charge in [-0.15, -0.1) is 0 Å². The van der Waals surface area contributed by atoms with E-state index in [4.69, 9.17) is 0 Å². The number of fused-ring (bicyclic) bond motifs is 1. The predicted octanol–water partition coefficient (Wildman–Crippen LogP) is 1.84. The monoisotopic (exact) mass is 242 g/mol. The number of aryl methyl sites for hydroxylation is 1. The average molecular weight is 243 g/mol. The highest BCUT2D eigenvalue weighted by molar-refractivity contribution is 9.10. The summed E-state index contributed by atoms with van der Waals surface area (Å²) in [6.07, 6.45) is 0. The topological polar surface area (TPSA) is 53.0 Å². The van der Waals surface area contributed by atoms with Gasteiger partial charge in [-0.1, -0.05) is 15.9 Å². The summed E-state index contributed by atoms with van der Waals surface area (Å²) < 4.78 is 5.39. The molecule has 4 nitrogen and oxygen atoms in total. The molecule has 1 heterocycles. The van der Waals surface area contributed by atoms with Crippen molar-refractivity contribution in [2.24, 2.45) is 0 Å². The van der Waals surface area contributed by atoms with Crippen molar-refractivity contribution in [3.05, 3.63) is 26.9 Å². The van der Waals surface area contributed by atoms with Crippen LogP contribution in [0, 0.1) is 19.1 Å². The van der Waals surface area contributed by atoms with Crippen molar-refractivity contribution < 1.29 is 9.53 Å². The molecule has 68 valence electrons. The normalized spacial score (nSPS) is 11.0. The number of halogens is 1. The Bertz CT molecular complexity index is 478. The van der Waals surface area contributed by atoms with Crippen molar-refractivity contribution in [2.75, 3.05) is 0 Å². The van der Waals surface area contributed by atoms with Crippen LogP contribution in [0.15, 0.2) is 15.2 Å². The SMILES string of the molecule is Cc1c(Br)cc2c(no[n+]2[O-])c1C. The first-order chi connectivity index (χ1) is 6.11. The molecule has 0 radical (unpaired) electrons. The highest BCUT2D eigenvalue weighted by atomic mass is 79.9. The quantitative estimate of drug-likeness (QED) is 0.663. The van der Waals surface area contributed by atoms with Crippen molar-refractivity contribution >= 4 is 27.0 Å². The fourth-order valence-corrected chi connectivity index (χ4v) is 1.74. The van der Waals surface area contributed by atoms with Gasteiger partial charge in [0.25, 0.3) is 5.52 Å². The first-order valence-electron chi connectivity index (χ1n) is 3.76. The molecule has 2 aromatic rings. The summed E-state index contributed by atoms with van der Waals surface area (Å²) in [6.45, 7) is 3.87. The van der Waals surface area contributed by atoms with E-state index in [9.17, 15) is 5.21 Å². The largest absolute Gasteiger partial charge is 0.359 e. The Morgan fingerprint density at radius 1 is 1.46 bits per heavy atom. The summed E-state index contributed by atoms with van der Waals surface area (Å²) >= 11 is 3.36. The minimum atomic E-state index is 0.409. The number of aromatic nitrogens is 2. The lowest BCUT2D eigenvalue weighted by Gasteiger charge is -1.99. The summed E-state index contributed by atoms with van der Waals surface area (Å²) in [5, 5.41) is 14.7. The Kier molecular flexibility index (Phi) is 1.76. The summed E-state index contributed by atoms with van der Waals surface area (Å²) in [4.78, 5) is 0.409. The first kappa shape index (κ1) is 8.50. The van der Waals surface area contributed by atoms with Crippen LogP contribution in [0.4, 0.5) is 0 Å². The van der Waals surface area contributed by atoms with Crippen molar-refractivity contribution in [3.8, 4) is 0 Å². The van der Waals surface area contributed by atoms with E-state index in [0.29, 0.717) is 15.9 Å². The maximum absolute atomic E-state index is 11.1. The molecule has 0 saturated heterocycles. The summed E-state index contributed by atoms with van der Waals surface area (Å²) in [5.74, 6) is 0. The number of hydrogen-bond donors (Lipinski definition) is 0. The highest BCUT2D eigenvalue weighted by Gasteiger charge is 2.15. The number of rotatable bonds is 0. The number of nitrogens with zero attached hydrogens (tertiary/aromatic N) is 2. The minimum absolute atomic E-state index is 0.409. The molecule has 5 heteroatoms. The molecule has 0 fully saturated rings. The lowest BCUT2D eigenvalue weighted by atomic mass is 10.1. The summed E-state index contributed by atoms with van der Waals surface area (Å²) in [6, 6.07) is 1.71. The van der Waals surface area contributed by atoms with Crippen molar-refractivity contribution in [1.82, 2.24) is 5.16 Å². The van der Waals surface area contributed by atoms with Crippen molar-refractivity contribution in [3.63, 3.8) is 0 Å². The van der Waals surface area contributed by atoms with Crippen molar-refractivity contribution in [2.45, 2.75) is 13.8 Å². The zero-order chi connectivity index (χ0) is 9.59. The second kappa shape index (κ2) is 2.70. The van der Waals surface area contributed by atoms with Crippen LogP contribution in [0.5, 0.6) is 0 Å². The van der Waals surface area contributed by atoms with Crippen LogP contribution in [0.2, 0.25) is 0 Å². The van der Waals surface area contributed by atoms with Crippen LogP contribution >= 0.6 is 15.9 Å². The second-order valence-corrected chi connectivity index (χ2v) is 3.76. The molecule has 1 aromatic carbocycles. The molecule has 2 rings (SSSR count). The summed E-state index contributed by atoms with van der Waals surface area (Å²) in [7, 11) is 0. The highest BCUT2D eigenvalue weighted by Crippen LogP contribution is 2.25. The smallest absolute Gasteiger partial charge is 0.251 e. The zero-order valence-electron chi connectivity index (χ0n) is 7.17. The second-order valence-electron chi connectivity index (χ2n) is 2.91. The minimum Gasteiger partial charge on any atom is -0.359 e. The van der Waals surface area contributed by atoms with Crippen LogP contribution in [0.25, 0.3) is 11.0 Å². The van der Waals surface area contributed by atoms with Crippen LogP contribution in [0.3, 0.4) is 0 Å². The fraction of sp³-hybridized carbons (Fsp3) is 0.250. The standard InChI is InChI=1S/C8H7BrN2O2/c1-4-5(2)8-7(3-6(4)9)11(12)13-10-8/h3H,1-2H3. The fourth-order valence-electron chi connectivity index (χ4n) is 1.22. The third-order valence-electron chi connectivity index (χ3n) is 2.18. The van der Waals surface area contributed by atoms with Gasteiger partial charge in [0.2, 0.25) is 5.52 Å². The van der Waals surface area contributed by atoms with E-state index in [0.717, 1.165) is 15.6 Å². The van der Waals surface area contributed by atoms with Crippen LogP contribution in [0.1, 0.15) is 11.1 Å². The van der Waals surface area contributed by atoms with Gasteiger partial charge >= 0.3 is 0 Å². The van der Waals surface area contributed by atoms with Gasteiger partial charge < -0.3 is 5.21 Å². The molecule has 0 atom stereocenters. The maximum atomic E-state index is 11.1. The molecule has 0 aliphatic heterocycles. The van der Waals surface area contributed by atoms with E-state index in [1.807, 2.05) is 13.8 Å². The first-order valence-corrected chi connectivity index (χ1v) is 4.55. The van der Waals surface area contributed by atoms with Gasteiger partial charge in [0.05, 0.1) is 0 Å². The summed E-state index contributed by atoms with van der Waals surface area (Å²) in [5.41, 5.74) is 3.11. The van der Waals surface area contributed by atoms with Crippen LogP contribution < -0.4 is 4.90 Å².